The number of hydrogen-bond donors (Lipinski definition) is 2. The summed E-state index contributed by atoms with van der Waals surface area (Å²) < 4.78 is 5.16. The molecule has 1 amide bonds. The van der Waals surface area contributed by atoms with Gasteiger partial charge in [0.05, 0.1) is 10.4 Å². The van der Waals surface area contributed by atoms with E-state index >= 15 is 0 Å². The van der Waals surface area contributed by atoms with E-state index in [9.17, 15) is 4.79 Å². The summed E-state index contributed by atoms with van der Waals surface area (Å²) >= 11 is 1.47. The van der Waals surface area contributed by atoms with Crippen LogP contribution in [0.25, 0.3) is 0 Å². The highest BCUT2D eigenvalue weighted by Crippen LogP contribution is 2.19. The van der Waals surface area contributed by atoms with Gasteiger partial charge in [-0.2, -0.15) is 0 Å². The Kier molecular flexibility index (Phi) is 5.60. The van der Waals surface area contributed by atoms with Gasteiger partial charge < -0.3 is 10.1 Å². The minimum absolute atomic E-state index is 0.254. The van der Waals surface area contributed by atoms with Gasteiger partial charge in [-0.1, -0.05) is 12.1 Å². The monoisotopic (exact) mass is 331 g/mol. The molecule has 122 valence electrons. The molecule has 0 aliphatic carbocycles. The zero-order valence-electron chi connectivity index (χ0n) is 13.0. The van der Waals surface area contributed by atoms with Crippen molar-refractivity contribution in [2.24, 2.45) is 5.92 Å². The molecule has 6 heteroatoms. The van der Waals surface area contributed by atoms with E-state index < -0.39 is 6.09 Å². The Hall–Kier alpha value is -1.92. The molecule has 1 aromatic carbocycles. The molecule has 2 aromatic rings. The lowest BCUT2D eigenvalue weighted by atomic mass is 9.91. The molecule has 1 saturated heterocycles. The van der Waals surface area contributed by atoms with Gasteiger partial charge >= 0.3 is 6.09 Å². The van der Waals surface area contributed by atoms with Gasteiger partial charge in [-0.15, -0.1) is 11.3 Å². The molecular formula is C17H21N3O2S. The zero-order valence-corrected chi connectivity index (χ0v) is 13.8. The first-order chi connectivity index (χ1) is 11.3. The zero-order chi connectivity index (χ0) is 15.9. The van der Waals surface area contributed by atoms with E-state index in [4.69, 9.17) is 4.74 Å². The minimum atomic E-state index is -0.440. The van der Waals surface area contributed by atoms with E-state index in [1.807, 2.05) is 12.1 Å². The van der Waals surface area contributed by atoms with Crippen LogP contribution >= 0.6 is 11.3 Å². The topological polar surface area (TPSA) is 63.2 Å². The van der Waals surface area contributed by atoms with Crippen molar-refractivity contribution in [3.05, 3.63) is 46.4 Å². The Morgan fingerprint density at radius 2 is 2.09 bits per heavy atom. The summed E-state index contributed by atoms with van der Waals surface area (Å²) in [6, 6.07) is 8.04. The molecule has 0 bridgehead atoms. The number of amides is 1. The SMILES string of the molecule is O=C(Nc1ccc(CC2CCNCC2)cc1)OCc1cncs1. The fourth-order valence-corrected chi connectivity index (χ4v) is 3.25. The molecule has 0 spiro atoms. The first-order valence-electron chi connectivity index (χ1n) is 7.90. The van der Waals surface area contributed by atoms with Gasteiger partial charge in [0.25, 0.3) is 0 Å². The van der Waals surface area contributed by atoms with Crippen LogP contribution < -0.4 is 10.6 Å². The second-order valence-corrected chi connectivity index (χ2v) is 6.73. The van der Waals surface area contributed by atoms with E-state index in [1.54, 1.807) is 11.7 Å². The Morgan fingerprint density at radius 3 is 2.78 bits per heavy atom. The average Bonchev–Trinajstić information content (AvgIpc) is 3.09. The molecule has 0 atom stereocenters. The van der Waals surface area contributed by atoms with Crippen LogP contribution in [0.3, 0.4) is 0 Å². The molecule has 2 N–H and O–H groups in total. The number of hydrogen-bond acceptors (Lipinski definition) is 5. The van der Waals surface area contributed by atoms with E-state index in [1.165, 1.54) is 29.7 Å². The van der Waals surface area contributed by atoms with Gasteiger partial charge in [0.2, 0.25) is 0 Å². The van der Waals surface area contributed by atoms with Gasteiger partial charge in [0.1, 0.15) is 6.61 Å². The van der Waals surface area contributed by atoms with Crippen LogP contribution in [0.5, 0.6) is 0 Å². The van der Waals surface area contributed by atoms with Crippen molar-refractivity contribution in [3.63, 3.8) is 0 Å². The molecule has 2 heterocycles. The van der Waals surface area contributed by atoms with E-state index in [0.717, 1.165) is 36.0 Å². The van der Waals surface area contributed by atoms with E-state index in [-0.39, 0.29) is 6.61 Å². The molecule has 23 heavy (non-hydrogen) atoms. The second kappa shape index (κ2) is 8.08. The normalized spacial score (nSPS) is 15.3. The van der Waals surface area contributed by atoms with Crippen molar-refractivity contribution in [1.82, 2.24) is 10.3 Å². The summed E-state index contributed by atoms with van der Waals surface area (Å²) in [5, 5.41) is 6.14. The molecule has 5 nitrogen and oxygen atoms in total. The van der Waals surface area contributed by atoms with Crippen molar-refractivity contribution in [1.29, 1.82) is 0 Å². The number of aromatic nitrogens is 1. The summed E-state index contributed by atoms with van der Waals surface area (Å²) in [6.07, 6.45) is 4.85. The number of nitrogens with zero attached hydrogens (tertiary/aromatic N) is 1. The quantitative estimate of drug-likeness (QED) is 0.881. The average molecular weight is 331 g/mol. The third-order valence-corrected chi connectivity index (χ3v) is 4.77. The molecule has 0 unspecified atom stereocenters. The molecule has 1 aromatic heterocycles. The van der Waals surface area contributed by atoms with Gasteiger partial charge in [-0.3, -0.25) is 10.3 Å². The molecule has 0 saturated carbocycles. The van der Waals surface area contributed by atoms with Crippen molar-refractivity contribution < 1.29 is 9.53 Å². The minimum Gasteiger partial charge on any atom is -0.444 e. The predicted molar refractivity (Wildman–Crippen MR) is 91.7 cm³/mol. The number of carbonyl (C=O) groups excluding carboxylic acids is 1. The Morgan fingerprint density at radius 1 is 1.30 bits per heavy atom. The summed E-state index contributed by atoms with van der Waals surface area (Å²) in [7, 11) is 0. The van der Waals surface area contributed by atoms with Gasteiger partial charge in [0.15, 0.2) is 0 Å². The van der Waals surface area contributed by atoms with E-state index in [0.29, 0.717) is 0 Å². The fourth-order valence-electron chi connectivity index (χ4n) is 2.75. The lowest BCUT2D eigenvalue weighted by Gasteiger charge is -2.22. The highest BCUT2D eigenvalue weighted by molar-refractivity contribution is 7.09. The second-order valence-electron chi connectivity index (χ2n) is 5.76. The number of piperidine rings is 1. The number of anilines is 1. The first kappa shape index (κ1) is 16.0. The van der Waals surface area contributed by atoms with Crippen LogP contribution in [-0.4, -0.2) is 24.2 Å². The highest BCUT2D eigenvalue weighted by atomic mass is 32.1. The molecular weight excluding hydrogens is 310 g/mol. The number of ether oxygens (including phenoxy) is 1. The Bertz CT molecular complexity index is 607. The van der Waals surface area contributed by atoms with Crippen LogP contribution in [0, 0.1) is 5.92 Å². The molecule has 1 aliphatic heterocycles. The summed E-state index contributed by atoms with van der Waals surface area (Å²) in [5.41, 5.74) is 3.80. The van der Waals surface area contributed by atoms with Crippen molar-refractivity contribution >= 4 is 23.1 Å². The van der Waals surface area contributed by atoms with Gasteiger partial charge in [-0.05, 0) is 56.0 Å². The van der Waals surface area contributed by atoms with Crippen molar-refractivity contribution in [2.75, 3.05) is 18.4 Å². The fraction of sp³-hybridized carbons (Fsp3) is 0.412. The van der Waals surface area contributed by atoms with Crippen LogP contribution in [0.2, 0.25) is 0 Å². The Labute approximate surface area is 140 Å². The number of thiazole rings is 1. The van der Waals surface area contributed by atoms with Crippen molar-refractivity contribution in [3.8, 4) is 0 Å². The summed E-state index contributed by atoms with van der Waals surface area (Å²) in [6.45, 7) is 2.50. The summed E-state index contributed by atoms with van der Waals surface area (Å²) in [4.78, 5) is 16.6. The third kappa shape index (κ3) is 5.04. The number of nitrogens with one attached hydrogen (secondary N) is 2. The summed E-state index contributed by atoms with van der Waals surface area (Å²) in [5.74, 6) is 0.763. The smallest absolute Gasteiger partial charge is 0.411 e. The lowest BCUT2D eigenvalue weighted by molar-refractivity contribution is 0.156. The van der Waals surface area contributed by atoms with Gasteiger partial charge in [-0.25, -0.2) is 4.79 Å². The van der Waals surface area contributed by atoms with Gasteiger partial charge in [0, 0.05) is 11.9 Å². The van der Waals surface area contributed by atoms with Crippen LogP contribution in [-0.2, 0) is 17.8 Å². The van der Waals surface area contributed by atoms with Crippen LogP contribution in [0.15, 0.2) is 36.0 Å². The molecule has 1 fully saturated rings. The lowest BCUT2D eigenvalue weighted by Crippen LogP contribution is -2.28. The number of rotatable bonds is 5. The highest BCUT2D eigenvalue weighted by Gasteiger charge is 2.13. The number of carbonyl (C=O) groups is 1. The maximum absolute atomic E-state index is 11.8. The van der Waals surface area contributed by atoms with Crippen LogP contribution in [0.1, 0.15) is 23.3 Å². The third-order valence-electron chi connectivity index (χ3n) is 4.01. The van der Waals surface area contributed by atoms with Crippen LogP contribution in [0.4, 0.5) is 10.5 Å². The number of benzene rings is 1. The van der Waals surface area contributed by atoms with Crippen molar-refractivity contribution in [2.45, 2.75) is 25.9 Å². The maximum atomic E-state index is 11.8. The molecule has 0 radical (unpaired) electrons. The van der Waals surface area contributed by atoms with E-state index in [2.05, 4.69) is 27.8 Å². The largest absolute Gasteiger partial charge is 0.444 e. The predicted octanol–water partition coefficient (Wildman–Crippen LogP) is 3.43. The first-order valence-corrected chi connectivity index (χ1v) is 8.78. The Balaban J connectivity index is 1.45. The maximum Gasteiger partial charge on any atom is 0.411 e. The molecule has 1 aliphatic rings. The standard InChI is InChI=1S/C17H21N3O2S/c21-17(22-11-16-10-19-12-23-16)20-15-3-1-13(2-4-15)9-14-5-7-18-8-6-14/h1-4,10,12,14,18H,5-9,11H2,(H,20,21). The molecule has 3 rings (SSSR count).